The number of benzene rings is 1. The Morgan fingerprint density at radius 3 is 2.73 bits per heavy atom. The fourth-order valence-electron chi connectivity index (χ4n) is 3.20. The molecule has 0 atom stereocenters. The lowest BCUT2D eigenvalue weighted by atomic mass is 10.1. The molecule has 0 amide bonds. The molecule has 1 aromatic carbocycles. The molecule has 1 N–H and O–H groups in total. The van der Waals surface area contributed by atoms with Crippen molar-refractivity contribution >= 4 is 11.5 Å². The first-order valence-corrected chi connectivity index (χ1v) is 8.81. The van der Waals surface area contributed by atoms with Crippen molar-refractivity contribution in [3.8, 4) is 16.9 Å². The minimum Gasteiger partial charge on any atom is -0.496 e. The van der Waals surface area contributed by atoms with E-state index >= 15 is 0 Å². The summed E-state index contributed by atoms with van der Waals surface area (Å²) in [4.78, 5) is 3.77. The first-order chi connectivity index (χ1) is 14.5. The molecular weight excluding hydrogens is 402 g/mol. The summed E-state index contributed by atoms with van der Waals surface area (Å²) in [6.45, 7) is -0.0168. The van der Waals surface area contributed by atoms with Gasteiger partial charge in [-0.3, -0.25) is 9.38 Å². The minimum atomic E-state index is -2.75. The Hall–Kier alpha value is -3.69. The lowest BCUT2D eigenvalue weighted by Crippen LogP contribution is -2.08. The molecule has 6 nitrogen and oxygen atoms in total. The molecule has 10 heteroatoms. The number of ether oxygens (including phenoxy) is 1. The number of alkyl halides is 2. The van der Waals surface area contributed by atoms with Gasteiger partial charge in [-0.2, -0.15) is 0 Å². The third-order valence-electron chi connectivity index (χ3n) is 4.58. The second-order valence-electron chi connectivity index (χ2n) is 6.32. The number of nitrogens with zero attached hydrogens (tertiary/aromatic N) is 4. The van der Waals surface area contributed by atoms with Gasteiger partial charge in [-0.25, -0.2) is 17.6 Å². The van der Waals surface area contributed by atoms with Crippen LogP contribution in [0.4, 0.5) is 23.4 Å². The average molecular weight is 417 g/mol. The van der Waals surface area contributed by atoms with Gasteiger partial charge in [0.05, 0.1) is 7.11 Å². The van der Waals surface area contributed by atoms with Gasteiger partial charge in [0.25, 0.3) is 6.43 Å². The first-order valence-electron chi connectivity index (χ1n) is 8.81. The molecule has 154 valence electrons. The predicted molar refractivity (Wildman–Crippen MR) is 101 cm³/mol. The fraction of sp³-hybridized carbons (Fsp3) is 0.150. The van der Waals surface area contributed by atoms with E-state index in [-0.39, 0.29) is 29.1 Å². The standard InChI is InChI=1S/C20H15F4N5O/c1-30-16-8-11(21)7-15(22)14(16)9-26-17-5-4-13(20-28-27-10-29(17)20)12-3-2-6-25-18(12)19(23)24/h2-8,10,19,26H,9H2,1H3. The van der Waals surface area contributed by atoms with Crippen LogP contribution < -0.4 is 10.1 Å². The van der Waals surface area contributed by atoms with E-state index in [1.807, 2.05) is 0 Å². The molecule has 30 heavy (non-hydrogen) atoms. The van der Waals surface area contributed by atoms with Gasteiger partial charge in [0, 0.05) is 41.6 Å². The molecule has 4 rings (SSSR count). The molecule has 0 spiro atoms. The van der Waals surface area contributed by atoms with Gasteiger partial charge in [-0.15, -0.1) is 10.2 Å². The molecule has 0 unspecified atom stereocenters. The van der Waals surface area contributed by atoms with Crippen LogP contribution >= 0.6 is 0 Å². The van der Waals surface area contributed by atoms with Crippen molar-refractivity contribution in [2.75, 3.05) is 12.4 Å². The van der Waals surface area contributed by atoms with Crippen LogP contribution in [0.5, 0.6) is 5.75 Å². The van der Waals surface area contributed by atoms with Crippen LogP contribution in [0.3, 0.4) is 0 Å². The average Bonchev–Trinajstić information content (AvgIpc) is 3.22. The topological polar surface area (TPSA) is 64.3 Å². The van der Waals surface area contributed by atoms with Crippen molar-refractivity contribution in [1.29, 1.82) is 0 Å². The molecule has 3 heterocycles. The van der Waals surface area contributed by atoms with Crippen molar-refractivity contribution in [2.24, 2.45) is 0 Å². The van der Waals surface area contributed by atoms with E-state index in [2.05, 4.69) is 20.5 Å². The number of rotatable bonds is 6. The largest absolute Gasteiger partial charge is 0.496 e. The monoisotopic (exact) mass is 417 g/mol. The van der Waals surface area contributed by atoms with E-state index in [0.29, 0.717) is 17.0 Å². The third-order valence-corrected chi connectivity index (χ3v) is 4.58. The molecule has 0 aliphatic heterocycles. The van der Waals surface area contributed by atoms with Gasteiger partial charge in [0.15, 0.2) is 5.65 Å². The van der Waals surface area contributed by atoms with Crippen LogP contribution in [0.15, 0.2) is 48.9 Å². The van der Waals surface area contributed by atoms with E-state index in [9.17, 15) is 17.6 Å². The molecule has 0 saturated heterocycles. The van der Waals surface area contributed by atoms with E-state index in [0.717, 1.165) is 12.1 Å². The lowest BCUT2D eigenvalue weighted by molar-refractivity contribution is 0.147. The highest BCUT2D eigenvalue weighted by Gasteiger charge is 2.19. The summed E-state index contributed by atoms with van der Waals surface area (Å²) in [5.74, 6) is -0.960. The second kappa shape index (κ2) is 7.97. The normalized spacial score (nSPS) is 11.3. The summed E-state index contributed by atoms with van der Waals surface area (Å²) in [6, 6.07) is 8.18. The fourth-order valence-corrected chi connectivity index (χ4v) is 3.20. The van der Waals surface area contributed by atoms with Crippen molar-refractivity contribution < 1.29 is 22.3 Å². The maximum atomic E-state index is 14.2. The Balaban J connectivity index is 1.71. The van der Waals surface area contributed by atoms with Gasteiger partial charge in [0.2, 0.25) is 0 Å². The van der Waals surface area contributed by atoms with Gasteiger partial charge in [-0.1, -0.05) is 6.07 Å². The highest BCUT2D eigenvalue weighted by Crippen LogP contribution is 2.33. The Morgan fingerprint density at radius 1 is 1.13 bits per heavy atom. The molecule has 0 radical (unpaired) electrons. The second-order valence-corrected chi connectivity index (χ2v) is 6.32. The molecule has 4 aromatic rings. The summed E-state index contributed by atoms with van der Waals surface area (Å²) >= 11 is 0. The first kappa shape index (κ1) is 19.6. The quantitative estimate of drug-likeness (QED) is 0.464. The Morgan fingerprint density at radius 2 is 1.97 bits per heavy atom. The van der Waals surface area contributed by atoms with Crippen LogP contribution in [-0.2, 0) is 6.54 Å². The van der Waals surface area contributed by atoms with Crippen molar-refractivity contribution in [3.63, 3.8) is 0 Å². The molecule has 0 saturated carbocycles. The summed E-state index contributed by atoms with van der Waals surface area (Å²) < 4.78 is 60.9. The number of anilines is 1. The minimum absolute atomic E-state index is 0.0168. The number of aromatic nitrogens is 4. The number of hydrogen-bond acceptors (Lipinski definition) is 5. The third kappa shape index (κ3) is 3.51. The van der Waals surface area contributed by atoms with Gasteiger partial charge in [-0.05, 0) is 18.2 Å². The van der Waals surface area contributed by atoms with Crippen LogP contribution in [0.2, 0.25) is 0 Å². The van der Waals surface area contributed by atoms with E-state index < -0.39 is 18.1 Å². The molecule has 0 aliphatic carbocycles. The van der Waals surface area contributed by atoms with Crippen LogP contribution in [0, 0.1) is 11.6 Å². The van der Waals surface area contributed by atoms with E-state index in [4.69, 9.17) is 4.74 Å². The highest BCUT2D eigenvalue weighted by molar-refractivity contribution is 5.80. The van der Waals surface area contributed by atoms with E-state index in [1.54, 1.807) is 22.6 Å². The zero-order chi connectivity index (χ0) is 21.3. The zero-order valence-corrected chi connectivity index (χ0v) is 15.6. The number of fused-ring (bicyclic) bond motifs is 1. The maximum absolute atomic E-state index is 14.2. The predicted octanol–water partition coefficient (Wildman–Crippen LogP) is 4.63. The van der Waals surface area contributed by atoms with Gasteiger partial charge in [0.1, 0.15) is 35.2 Å². The summed E-state index contributed by atoms with van der Waals surface area (Å²) in [6.07, 6.45) is -0.0550. The molecule has 0 fully saturated rings. The smallest absolute Gasteiger partial charge is 0.280 e. The number of pyridine rings is 2. The lowest BCUT2D eigenvalue weighted by Gasteiger charge is -2.14. The molecular formula is C20H15F4N5O. The summed E-state index contributed by atoms with van der Waals surface area (Å²) in [5.41, 5.74) is 0.759. The van der Waals surface area contributed by atoms with Gasteiger partial charge >= 0.3 is 0 Å². The van der Waals surface area contributed by atoms with Crippen molar-refractivity contribution in [2.45, 2.75) is 13.0 Å². The number of methoxy groups -OCH3 is 1. The number of halogens is 4. The molecule has 0 aliphatic rings. The highest BCUT2D eigenvalue weighted by atomic mass is 19.3. The van der Waals surface area contributed by atoms with Crippen LogP contribution in [0.1, 0.15) is 17.7 Å². The number of hydrogen-bond donors (Lipinski definition) is 1. The molecule has 0 bridgehead atoms. The van der Waals surface area contributed by atoms with Crippen LogP contribution in [-0.4, -0.2) is 26.7 Å². The zero-order valence-electron chi connectivity index (χ0n) is 15.6. The maximum Gasteiger partial charge on any atom is 0.280 e. The Bertz CT molecular complexity index is 1210. The van der Waals surface area contributed by atoms with Gasteiger partial charge < -0.3 is 10.1 Å². The van der Waals surface area contributed by atoms with Crippen molar-refractivity contribution in [3.05, 3.63) is 71.8 Å². The number of nitrogens with one attached hydrogen (secondary N) is 1. The Labute approximate surface area is 168 Å². The Kier molecular flexibility index (Phi) is 5.21. The SMILES string of the molecule is COc1cc(F)cc(F)c1CNc1ccc(-c2cccnc2C(F)F)c2nncn12. The molecule has 3 aromatic heterocycles. The van der Waals surface area contributed by atoms with Crippen LogP contribution in [0.25, 0.3) is 16.8 Å². The van der Waals surface area contributed by atoms with E-state index in [1.165, 1.54) is 25.7 Å². The summed E-state index contributed by atoms with van der Waals surface area (Å²) in [5, 5.41) is 10.9. The summed E-state index contributed by atoms with van der Waals surface area (Å²) in [7, 11) is 1.32. The van der Waals surface area contributed by atoms with Crippen molar-refractivity contribution in [1.82, 2.24) is 19.6 Å².